The molecule has 0 fully saturated rings. The van der Waals surface area contributed by atoms with E-state index in [-0.39, 0.29) is 23.0 Å². The van der Waals surface area contributed by atoms with Crippen LogP contribution in [0.1, 0.15) is 27.9 Å². The summed E-state index contributed by atoms with van der Waals surface area (Å²) in [6.45, 7) is 0. The van der Waals surface area contributed by atoms with Gasteiger partial charge in [-0.15, -0.1) is 0 Å². The lowest BCUT2D eigenvalue weighted by molar-refractivity contribution is -0.384. The number of carbonyl (C=O) groups excluding carboxylic acids is 1. The van der Waals surface area contributed by atoms with Crippen molar-refractivity contribution in [1.82, 2.24) is 15.5 Å². The van der Waals surface area contributed by atoms with Gasteiger partial charge in [0.05, 0.1) is 4.92 Å². The fourth-order valence-electron chi connectivity index (χ4n) is 3.17. The molecule has 4 aromatic rings. The Morgan fingerprint density at radius 3 is 2.59 bits per heavy atom. The van der Waals surface area contributed by atoms with E-state index in [0.29, 0.717) is 12.0 Å². The molecule has 0 aliphatic heterocycles. The molecule has 0 aliphatic rings. The third-order valence-corrected chi connectivity index (χ3v) is 4.73. The summed E-state index contributed by atoms with van der Waals surface area (Å²) in [4.78, 5) is 27.6. The molecule has 0 saturated carbocycles. The first kappa shape index (κ1) is 20.9. The van der Waals surface area contributed by atoms with Crippen molar-refractivity contribution in [3.05, 3.63) is 112 Å². The lowest BCUT2D eigenvalue weighted by Gasteiger charge is -2.15. The Morgan fingerprint density at radius 1 is 1.06 bits per heavy atom. The van der Waals surface area contributed by atoms with Crippen molar-refractivity contribution in [2.45, 2.75) is 12.5 Å². The third kappa shape index (κ3) is 4.84. The van der Waals surface area contributed by atoms with Gasteiger partial charge in [-0.1, -0.05) is 53.7 Å². The van der Waals surface area contributed by atoms with Crippen LogP contribution in [0.25, 0.3) is 11.4 Å². The average Bonchev–Trinajstić information content (AvgIpc) is 3.30. The first-order chi connectivity index (χ1) is 15.5. The summed E-state index contributed by atoms with van der Waals surface area (Å²) in [6.07, 6.45) is 0.346. The van der Waals surface area contributed by atoms with Gasteiger partial charge in [0.1, 0.15) is 11.9 Å². The quantitative estimate of drug-likeness (QED) is 0.340. The monoisotopic (exact) mass is 432 g/mol. The summed E-state index contributed by atoms with van der Waals surface area (Å²) in [5.41, 5.74) is 1.37. The molecule has 0 unspecified atom stereocenters. The number of rotatable bonds is 7. The molecule has 9 heteroatoms. The topological polar surface area (TPSA) is 111 Å². The second-order valence-electron chi connectivity index (χ2n) is 6.99. The number of nitrogens with zero attached hydrogens (tertiary/aromatic N) is 3. The van der Waals surface area contributed by atoms with E-state index in [1.807, 2.05) is 30.3 Å². The third-order valence-electron chi connectivity index (χ3n) is 4.73. The Morgan fingerprint density at radius 2 is 1.84 bits per heavy atom. The molecule has 3 aromatic carbocycles. The molecule has 1 heterocycles. The Hall–Kier alpha value is -4.40. The normalized spacial score (nSPS) is 11.7. The number of non-ortho nitro benzene ring substituents is 1. The SMILES string of the molecule is O=C(N[C@@H](Cc1ccccc1)c1nc(-c2cccc([N+](=O)[O-])c2)no1)c1cccc(F)c1. The van der Waals surface area contributed by atoms with Gasteiger partial charge in [-0.25, -0.2) is 4.39 Å². The minimum Gasteiger partial charge on any atom is -0.340 e. The molecule has 0 aliphatic carbocycles. The van der Waals surface area contributed by atoms with E-state index >= 15 is 0 Å². The number of benzene rings is 3. The molecule has 32 heavy (non-hydrogen) atoms. The molecule has 1 amide bonds. The molecule has 0 saturated heterocycles. The van der Waals surface area contributed by atoms with E-state index in [1.54, 1.807) is 6.07 Å². The Balaban J connectivity index is 1.63. The Kier molecular flexibility index (Phi) is 5.98. The smallest absolute Gasteiger partial charge is 0.270 e. The van der Waals surface area contributed by atoms with Crippen molar-refractivity contribution in [2.75, 3.05) is 0 Å². The number of aromatic nitrogens is 2. The van der Waals surface area contributed by atoms with E-state index in [2.05, 4.69) is 15.5 Å². The van der Waals surface area contributed by atoms with Crippen LogP contribution < -0.4 is 5.32 Å². The zero-order chi connectivity index (χ0) is 22.5. The van der Waals surface area contributed by atoms with E-state index in [0.717, 1.165) is 11.6 Å². The maximum absolute atomic E-state index is 13.5. The minimum atomic E-state index is -0.701. The van der Waals surface area contributed by atoms with Gasteiger partial charge in [0, 0.05) is 29.7 Å². The number of nitro groups is 1. The lowest BCUT2D eigenvalue weighted by atomic mass is 10.1. The number of nitrogens with one attached hydrogen (secondary N) is 1. The second-order valence-corrected chi connectivity index (χ2v) is 6.99. The van der Waals surface area contributed by atoms with E-state index in [9.17, 15) is 19.3 Å². The maximum atomic E-state index is 13.5. The van der Waals surface area contributed by atoms with Crippen LogP contribution in [0.15, 0.2) is 83.4 Å². The Labute approximate surface area is 181 Å². The summed E-state index contributed by atoms with van der Waals surface area (Å²) in [5, 5.41) is 17.8. The molecule has 0 spiro atoms. The molecule has 160 valence electrons. The highest BCUT2D eigenvalue weighted by Gasteiger charge is 2.23. The molecular weight excluding hydrogens is 415 g/mol. The predicted octanol–water partition coefficient (Wildman–Crippen LogP) is 4.50. The summed E-state index contributed by atoms with van der Waals surface area (Å²) in [5.74, 6) is -0.745. The molecule has 1 aromatic heterocycles. The highest BCUT2D eigenvalue weighted by Crippen LogP contribution is 2.24. The van der Waals surface area contributed by atoms with Crippen LogP contribution in [-0.2, 0) is 6.42 Å². The minimum absolute atomic E-state index is 0.103. The Bertz CT molecular complexity index is 1260. The molecule has 1 atom stereocenters. The van der Waals surface area contributed by atoms with Crippen molar-refractivity contribution >= 4 is 11.6 Å². The van der Waals surface area contributed by atoms with Gasteiger partial charge in [-0.05, 0) is 23.8 Å². The molecule has 0 radical (unpaired) electrons. The molecule has 1 N–H and O–H groups in total. The zero-order valence-electron chi connectivity index (χ0n) is 16.6. The van der Waals surface area contributed by atoms with Crippen LogP contribution in [-0.4, -0.2) is 21.0 Å². The van der Waals surface area contributed by atoms with Crippen molar-refractivity contribution in [2.24, 2.45) is 0 Å². The van der Waals surface area contributed by atoms with Gasteiger partial charge in [0.25, 0.3) is 11.6 Å². The van der Waals surface area contributed by atoms with E-state index in [4.69, 9.17) is 4.52 Å². The van der Waals surface area contributed by atoms with Crippen LogP contribution in [0.2, 0.25) is 0 Å². The van der Waals surface area contributed by atoms with Crippen molar-refractivity contribution in [3.63, 3.8) is 0 Å². The number of nitro benzene ring substituents is 1. The molecule has 4 rings (SSSR count). The predicted molar refractivity (Wildman–Crippen MR) is 113 cm³/mol. The maximum Gasteiger partial charge on any atom is 0.270 e. The highest BCUT2D eigenvalue weighted by atomic mass is 19.1. The average molecular weight is 432 g/mol. The van der Waals surface area contributed by atoms with Crippen LogP contribution in [0, 0.1) is 15.9 Å². The standard InChI is InChI=1S/C23H17FN4O4/c24-18-10-4-9-17(13-18)22(29)25-20(12-15-6-2-1-3-7-15)23-26-21(27-32-23)16-8-5-11-19(14-16)28(30)31/h1-11,13-14,20H,12H2,(H,25,29)/t20-/m0/s1. The number of hydrogen-bond acceptors (Lipinski definition) is 6. The first-order valence-electron chi connectivity index (χ1n) is 9.68. The molecule has 0 bridgehead atoms. The van der Waals surface area contributed by atoms with E-state index in [1.165, 1.54) is 36.4 Å². The number of amides is 1. The summed E-state index contributed by atoms with van der Waals surface area (Å²) in [7, 11) is 0. The van der Waals surface area contributed by atoms with Gasteiger partial charge in [0.15, 0.2) is 0 Å². The molecular formula is C23H17FN4O4. The zero-order valence-corrected chi connectivity index (χ0v) is 16.6. The number of halogens is 1. The van der Waals surface area contributed by atoms with Crippen molar-refractivity contribution < 1.29 is 18.6 Å². The number of carbonyl (C=O) groups is 1. The van der Waals surface area contributed by atoms with Crippen LogP contribution in [0.4, 0.5) is 10.1 Å². The van der Waals surface area contributed by atoms with Gasteiger partial charge >= 0.3 is 0 Å². The summed E-state index contributed by atoms with van der Waals surface area (Å²) < 4.78 is 18.9. The van der Waals surface area contributed by atoms with Crippen LogP contribution in [0.3, 0.4) is 0 Å². The van der Waals surface area contributed by atoms with Crippen molar-refractivity contribution in [1.29, 1.82) is 0 Å². The lowest BCUT2D eigenvalue weighted by Crippen LogP contribution is -2.30. The second kappa shape index (κ2) is 9.17. The molecule has 8 nitrogen and oxygen atoms in total. The van der Waals surface area contributed by atoms with Gasteiger partial charge < -0.3 is 9.84 Å². The number of hydrogen-bond donors (Lipinski definition) is 1. The highest BCUT2D eigenvalue weighted by molar-refractivity contribution is 5.94. The van der Waals surface area contributed by atoms with E-state index < -0.39 is 22.7 Å². The van der Waals surface area contributed by atoms with Gasteiger partial charge in [-0.2, -0.15) is 4.98 Å². The van der Waals surface area contributed by atoms with Crippen molar-refractivity contribution in [3.8, 4) is 11.4 Å². The van der Waals surface area contributed by atoms with Gasteiger partial charge in [-0.3, -0.25) is 14.9 Å². The fraction of sp³-hybridized carbons (Fsp3) is 0.0870. The summed E-state index contributed by atoms with van der Waals surface area (Å²) in [6, 6.07) is 19.9. The fourth-order valence-corrected chi connectivity index (χ4v) is 3.17. The summed E-state index contributed by atoms with van der Waals surface area (Å²) >= 11 is 0. The van der Waals surface area contributed by atoms with Crippen LogP contribution in [0.5, 0.6) is 0 Å². The van der Waals surface area contributed by atoms with Crippen LogP contribution >= 0.6 is 0 Å². The van der Waals surface area contributed by atoms with Gasteiger partial charge in [0.2, 0.25) is 11.7 Å². The first-order valence-corrected chi connectivity index (χ1v) is 9.68. The largest absolute Gasteiger partial charge is 0.340 e.